The summed E-state index contributed by atoms with van der Waals surface area (Å²) in [4.78, 5) is 4.04. The molecule has 1 aliphatic heterocycles. The molecule has 2 aromatic rings. The molecule has 20 heavy (non-hydrogen) atoms. The van der Waals surface area contributed by atoms with Gasteiger partial charge in [-0.25, -0.2) is 4.98 Å². The van der Waals surface area contributed by atoms with Crippen LogP contribution in [-0.4, -0.2) is 22.8 Å². The van der Waals surface area contributed by atoms with Gasteiger partial charge in [0.2, 0.25) is 0 Å². The van der Waals surface area contributed by atoms with Gasteiger partial charge >= 0.3 is 0 Å². The molecule has 0 N–H and O–H groups in total. The number of hydrogen-bond donors (Lipinski definition) is 0. The summed E-state index contributed by atoms with van der Waals surface area (Å²) in [5, 5.41) is 0.714. The van der Waals surface area contributed by atoms with Crippen molar-refractivity contribution in [1.29, 1.82) is 0 Å². The number of nitrogens with zero attached hydrogens (tertiary/aromatic N) is 2. The van der Waals surface area contributed by atoms with Gasteiger partial charge < -0.3 is 14.0 Å². The van der Waals surface area contributed by atoms with Crippen LogP contribution in [0.25, 0.3) is 0 Å². The minimum absolute atomic E-state index is 0. The summed E-state index contributed by atoms with van der Waals surface area (Å²) in [5.74, 6) is -0.658. The molecular formula is C14H16Cl2N2O2. The zero-order valence-electron chi connectivity index (χ0n) is 10.9. The van der Waals surface area contributed by atoms with Crippen molar-refractivity contribution in [3.05, 3.63) is 53.6 Å². The highest BCUT2D eigenvalue weighted by atomic mass is 35.5. The quantitative estimate of drug-likeness (QED) is 0.869. The van der Waals surface area contributed by atoms with Crippen LogP contribution in [0.2, 0.25) is 5.02 Å². The maximum atomic E-state index is 5.93. The van der Waals surface area contributed by atoms with Crippen LogP contribution >= 0.6 is 24.0 Å². The summed E-state index contributed by atoms with van der Waals surface area (Å²) >= 11 is 5.93. The smallest absolute Gasteiger partial charge is 0.196 e. The summed E-state index contributed by atoms with van der Waals surface area (Å²) in [6, 6.07) is 7.64. The van der Waals surface area contributed by atoms with Gasteiger partial charge in [-0.2, -0.15) is 0 Å². The molecule has 4 nitrogen and oxygen atoms in total. The summed E-state index contributed by atoms with van der Waals surface area (Å²) in [6.45, 7) is 2.03. The molecule has 0 bridgehead atoms. The van der Waals surface area contributed by atoms with Gasteiger partial charge in [0, 0.05) is 35.9 Å². The predicted molar refractivity (Wildman–Crippen MR) is 79.1 cm³/mol. The first-order valence-electron chi connectivity index (χ1n) is 6.28. The van der Waals surface area contributed by atoms with E-state index in [4.69, 9.17) is 21.1 Å². The van der Waals surface area contributed by atoms with Crippen LogP contribution < -0.4 is 0 Å². The van der Waals surface area contributed by atoms with Crippen LogP contribution in [0.5, 0.6) is 0 Å². The van der Waals surface area contributed by atoms with Gasteiger partial charge in [0.15, 0.2) is 5.79 Å². The molecular weight excluding hydrogens is 299 g/mol. The first-order chi connectivity index (χ1) is 9.28. The van der Waals surface area contributed by atoms with Gasteiger partial charge in [0.1, 0.15) is 0 Å². The highest BCUT2D eigenvalue weighted by Crippen LogP contribution is 2.35. The molecule has 1 aromatic carbocycles. The fourth-order valence-corrected chi connectivity index (χ4v) is 2.44. The third-order valence-corrected chi connectivity index (χ3v) is 3.55. The summed E-state index contributed by atoms with van der Waals surface area (Å²) in [6.07, 6.45) is 6.24. The number of ether oxygens (including phenoxy) is 2. The Morgan fingerprint density at radius 1 is 1.20 bits per heavy atom. The van der Waals surface area contributed by atoms with Crippen LogP contribution in [0.4, 0.5) is 0 Å². The van der Waals surface area contributed by atoms with Gasteiger partial charge in [0.25, 0.3) is 0 Å². The second kappa shape index (κ2) is 6.59. The van der Waals surface area contributed by atoms with Crippen molar-refractivity contribution in [2.24, 2.45) is 0 Å². The van der Waals surface area contributed by atoms with E-state index in [-0.39, 0.29) is 12.4 Å². The molecule has 0 atom stereocenters. The number of benzene rings is 1. The van der Waals surface area contributed by atoms with E-state index in [9.17, 15) is 0 Å². The number of halogens is 2. The predicted octanol–water partition coefficient (Wildman–Crippen LogP) is 3.25. The third kappa shape index (κ3) is 3.15. The Morgan fingerprint density at radius 3 is 2.50 bits per heavy atom. The first-order valence-corrected chi connectivity index (χ1v) is 6.66. The van der Waals surface area contributed by atoms with E-state index in [1.165, 1.54) is 0 Å². The van der Waals surface area contributed by atoms with Gasteiger partial charge in [-0.15, -0.1) is 12.4 Å². The lowest BCUT2D eigenvalue weighted by atomic mass is 10.0. The van der Waals surface area contributed by atoms with E-state index in [0.717, 1.165) is 18.5 Å². The number of hydrogen-bond acceptors (Lipinski definition) is 3. The van der Waals surface area contributed by atoms with Gasteiger partial charge in [-0.05, 0) is 12.1 Å². The minimum atomic E-state index is -0.658. The molecule has 0 amide bonds. The molecule has 2 heterocycles. The lowest BCUT2D eigenvalue weighted by Gasteiger charge is -2.28. The third-order valence-electron chi connectivity index (χ3n) is 3.30. The number of rotatable bonds is 4. The maximum absolute atomic E-state index is 5.93. The number of aromatic nitrogens is 2. The Kier molecular flexibility index (Phi) is 5.05. The van der Waals surface area contributed by atoms with Crippen LogP contribution in [0.15, 0.2) is 43.0 Å². The summed E-state index contributed by atoms with van der Waals surface area (Å²) in [7, 11) is 0. The largest absolute Gasteiger partial charge is 0.343 e. The fraction of sp³-hybridized carbons (Fsp3) is 0.357. The highest BCUT2D eigenvalue weighted by Gasteiger charge is 2.38. The molecule has 0 spiro atoms. The molecule has 1 aromatic heterocycles. The molecule has 0 radical (unpaired) electrons. The summed E-state index contributed by atoms with van der Waals surface area (Å²) in [5.41, 5.74) is 1.01. The van der Waals surface area contributed by atoms with Crippen molar-refractivity contribution in [2.75, 3.05) is 13.2 Å². The van der Waals surface area contributed by atoms with Crippen molar-refractivity contribution in [1.82, 2.24) is 9.55 Å². The Morgan fingerprint density at radius 2 is 1.90 bits per heavy atom. The topological polar surface area (TPSA) is 36.3 Å². The average molecular weight is 315 g/mol. The van der Waals surface area contributed by atoms with Crippen molar-refractivity contribution in [2.45, 2.75) is 18.8 Å². The Balaban J connectivity index is 0.00000147. The van der Waals surface area contributed by atoms with E-state index in [1.807, 2.05) is 35.0 Å². The van der Waals surface area contributed by atoms with Crippen LogP contribution in [-0.2, 0) is 21.8 Å². The van der Waals surface area contributed by atoms with E-state index in [0.29, 0.717) is 18.2 Å². The van der Waals surface area contributed by atoms with Crippen molar-refractivity contribution >= 4 is 24.0 Å². The van der Waals surface area contributed by atoms with E-state index < -0.39 is 5.79 Å². The zero-order valence-corrected chi connectivity index (χ0v) is 12.4. The molecule has 1 saturated heterocycles. The van der Waals surface area contributed by atoms with Crippen molar-refractivity contribution in [3.63, 3.8) is 0 Å². The number of imidazole rings is 1. The Hall–Kier alpha value is -1.07. The second-order valence-electron chi connectivity index (χ2n) is 4.51. The zero-order chi connectivity index (χ0) is 13.1. The molecule has 0 saturated carbocycles. The van der Waals surface area contributed by atoms with Crippen molar-refractivity contribution in [3.8, 4) is 0 Å². The van der Waals surface area contributed by atoms with Gasteiger partial charge in [0.05, 0.1) is 19.5 Å². The monoisotopic (exact) mass is 314 g/mol. The molecule has 6 heteroatoms. The normalized spacial score (nSPS) is 16.9. The Labute approximate surface area is 129 Å². The summed E-state index contributed by atoms with van der Waals surface area (Å²) < 4.78 is 13.7. The molecule has 1 aliphatic rings. The molecule has 0 aliphatic carbocycles. The van der Waals surface area contributed by atoms with Crippen molar-refractivity contribution < 1.29 is 9.47 Å². The van der Waals surface area contributed by atoms with Gasteiger partial charge in [-0.1, -0.05) is 23.7 Å². The van der Waals surface area contributed by atoms with Crippen LogP contribution in [0, 0.1) is 0 Å². The van der Waals surface area contributed by atoms with E-state index in [1.54, 1.807) is 12.5 Å². The van der Waals surface area contributed by atoms with Crippen LogP contribution in [0.1, 0.15) is 12.0 Å². The minimum Gasteiger partial charge on any atom is -0.343 e. The molecule has 3 rings (SSSR count). The lowest BCUT2D eigenvalue weighted by Crippen LogP contribution is -2.28. The standard InChI is InChI=1S/C14H15ClN2O2.ClH/c15-13-3-1-12(2-4-13)14(18-9-10-19-14)5-7-17-8-6-16-11-17;/h1-4,6,8,11H,5,7,9-10H2;1H. The maximum Gasteiger partial charge on any atom is 0.196 e. The average Bonchev–Trinajstić information content (AvgIpc) is 3.09. The molecule has 1 fully saturated rings. The highest BCUT2D eigenvalue weighted by molar-refractivity contribution is 6.30. The molecule has 0 unspecified atom stereocenters. The van der Waals surface area contributed by atoms with E-state index >= 15 is 0 Å². The Bertz CT molecular complexity index is 523. The lowest BCUT2D eigenvalue weighted by molar-refractivity contribution is -0.172. The first kappa shape index (κ1) is 15.3. The SMILES string of the molecule is Cl.Clc1ccc(C2(CCn3ccnc3)OCCO2)cc1. The second-order valence-corrected chi connectivity index (χ2v) is 4.94. The van der Waals surface area contributed by atoms with Crippen LogP contribution in [0.3, 0.4) is 0 Å². The van der Waals surface area contributed by atoms with Gasteiger partial charge in [-0.3, -0.25) is 0 Å². The molecule has 108 valence electrons. The van der Waals surface area contributed by atoms with E-state index in [2.05, 4.69) is 4.98 Å². The number of aryl methyl sites for hydroxylation is 1. The fourth-order valence-electron chi connectivity index (χ4n) is 2.31.